The molecule has 0 radical (unpaired) electrons. The summed E-state index contributed by atoms with van der Waals surface area (Å²) >= 11 is 0. The van der Waals surface area contributed by atoms with Gasteiger partial charge in [0.1, 0.15) is 17.8 Å². The van der Waals surface area contributed by atoms with Crippen molar-refractivity contribution in [2.24, 2.45) is 5.73 Å². The Balaban J connectivity index is 2.11. The van der Waals surface area contributed by atoms with Gasteiger partial charge in [0.2, 0.25) is 11.8 Å². The van der Waals surface area contributed by atoms with E-state index in [1.807, 2.05) is 24.3 Å². The van der Waals surface area contributed by atoms with Gasteiger partial charge in [0.25, 0.3) is 0 Å². The number of likely N-dealkylation sites (N-methyl/N-ethyl adjacent to an activating group) is 1. The number of carbonyl (C=O) groups excluding carboxylic acids is 2. The molecule has 108 valence electrons. The van der Waals surface area contributed by atoms with E-state index in [4.69, 9.17) is 10.5 Å². The summed E-state index contributed by atoms with van der Waals surface area (Å²) in [6.07, 6.45) is 0.468. The second-order valence-corrected chi connectivity index (χ2v) is 4.81. The van der Waals surface area contributed by atoms with Gasteiger partial charge in [0, 0.05) is 20.0 Å². The number of carbonyl (C=O) groups is 2. The normalized spacial score (nSPS) is 22.6. The maximum absolute atomic E-state index is 12.1. The van der Waals surface area contributed by atoms with E-state index in [0.29, 0.717) is 6.42 Å². The molecular formula is C14H19N3O3. The summed E-state index contributed by atoms with van der Waals surface area (Å²) in [4.78, 5) is 25.5. The van der Waals surface area contributed by atoms with E-state index in [1.54, 1.807) is 14.2 Å². The molecule has 1 heterocycles. The van der Waals surface area contributed by atoms with Gasteiger partial charge in [0.15, 0.2) is 0 Å². The molecule has 0 aliphatic carbocycles. The summed E-state index contributed by atoms with van der Waals surface area (Å²) in [5.74, 6) is 0.443. The lowest BCUT2D eigenvalue weighted by Gasteiger charge is -2.36. The third kappa shape index (κ3) is 2.75. The zero-order valence-corrected chi connectivity index (χ0v) is 11.6. The van der Waals surface area contributed by atoms with Crippen LogP contribution in [0.5, 0.6) is 5.75 Å². The van der Waals surface area contributed by atoms with Gasteiger partial charge in [-0.1, -0.05) is 12.1 Å². The average molecular weight is 277 g/mol. The summed E-state index contributed by atoms with van der Waals surface area (Å²) in [6.45, 7) is 0.115. The van der Waals surface area contributed by atoms with Crippen molar-refractivity contribution in [2.75, 3.05) is 20.7 Å². The van der Waals surface area contributed by atoms with Crippen molar-refractivity contribution in [2.45, 2.75) is 18.5 Å². The molecule has 0 bridgehead atoms. The van der Waals surface area contributed by atoms with Crippen LogP contribution in [0.4, 0.5) is 0 Å². The second-order valence-electron chi connectivity index (χ2n) is 4.81. The van der Waals surface area contributed by atoms with E-state index in [0.717, 1.165) is 11.3 Å². The Hall–Kier alpha value is -2.08. The summed E-state index contributed by atoms with van der Waals surface area (Å²) < 4.78 is 5.09. The van der Waals surface area contributed by atoms with E-state index in [1.165, 1.54) is 4.90 Å². The van der Waals surface area contributed by atoms with Crippen molar-refractivity contribution in [3.05, 3.63) is 29.8 Å². The van der Waals surface area contributed by atoms with Gasteiger partial charge in [-0.15, -0.1) is 0 Å². The number of amides is 2. The van der Waals surface area contributed by atoms with Gasteiger partial charge in [-0.25, -0.2) is 0 Å². The highest BCUT2D eigenvalue weighted by Crippen LogP contribution is 2.16. The van der Waals surface area contributed by atoms with E-state index in [2.05, 4.69) is 5.32 Å². The molecule has 1 aliphatic heterocycles. The molecule has 20 heavy (non-hydrogen) atoms. The molecule has 2 atom stereocenters. The zero-order chi connectivity index (χ0) is 14.7. The fourth-order valence-corrected chi connectivity index (χ4v) is 2.28. The Morgan fingerprint density at radius 1 is 1.30 bits per heavy atom. The fraction of sp³-hybridized carbons (Fsp3) is 0.429. The lowest BCUT2D eigenvalue weighted by atomic mass is 10.0. The first-order valence-electron chi connectivity index (χ1n) is 6.47. The zero-order valence-electron chi connectivity index (χ0n) is 11.6. The van der Waals surface area contributed by atoms with Crippen LogP contribution >= 0.6 is 0 Å². The summed E-state index contributed by atoms with van der Waals surface area (Å²) in [5, 5.41) is 2.66. The number of nitrogens with two attached hydrogens (primary N) is 1. The summed E-state index contributed by atoms with van der Waals surface area (Å²) in [5.41, 5.74) is 6.44. The molecule has 2 rings (SSSR count). The number of benzene rings is 1. The first-order chi connectivity index (χ1) is 9.56. The van der Waals surface area contributed by atoms with Gasteiger partial charge in [-0.2, -0.15) is 0 Å². The van der Waals surface area contributed by atoms with Crippen LogP contribution in [-0.4, -0.2) is 49.5 Å². The Morgan fingerprint density at radius 3 is 2.50 bits per heavy atom. The Bertz CT molecular complexity index is 501. The van der Waals surface area contributed by atoms with Crippen molar-refractivity contribution in [1.29, 1.82) is 0 Å². The predicted molar refractivity (Wildman–Crippen MR) is 74.2 cm³/mol. The lowest BCUT2D eigenvalue weighted by Crippen LogP contribution is -2.64. The average Bonchev–Trinajstić information content (AvgIpc) is 2.48. The standard InChI is InChI=1S/C14H19N3O3/c1-17-12(13(18)16-11(8-15)14(17)19)7-9-3-5-10(20-2)6-4-9/h3-6,11-12H,7-8,15H2,1-2H3,(H,16,18)/t11-,12-/m0/s1. The topological polar surface area (TPSA) is 84.7 Å². The van der Waals surface area contributed by atoms with Gasteiger partial charge in [-0.05, 0) is 17.7 Å². The van der Waals surface area contributed by atoms with Crippen molar-refractivity contribution < 1.29 is 14.3 Å². The molecule has 0 unspecified atom stereocenters. The molecule has 1 aromatic carbocycles. The number of rotatable bonds is 4. The van der Waals surface area contributed by atoms with E-state index in [-0.39, 0.29) is 18.4 Å². The van der Waals surface area contributed by atoms with E-state index < -0.39 is 12.1 Å². The minimum absolute atomic E-state index is 0.115. The van der Waals surface area contributed by atoms with Crippen LogP contribution in [0.25, 0.3) is 0 Å². The third-order valence-corrected chi connectivity index (χ3v) is 3.56. The molecule has 6 nitrogen and oxygen atoms in total. The molecule has 1 fully saturated rings. The minimum atomic E-state index is -0.611. The van der Waals surface area contributed by atoms with Crippen LogP contribution in [0.3, 0.4) is 0 Å². The number of ether oxygens (including phenoxy) is 1. The Kier molecular flexibility index (Phi) is 4.24. The molecule has 0 saturated carbocycles. The molecule has 2 amide bonds. The van der Waals surface area contributed by atoms with Crippen LogP contribution in [0.15, 0.2) is 24.3 Å². The minimum Gasteiger partial charge on any atom is -0.497 e. The molecule has 6 heteroatoms. The number of hydrogen-bond acceptors (Lipinski definition) is 4. The third-order valence-electron chi connectivity index (χ3n) is 3.56. The Morgan fingerprint density at radius 2 is 1.95 bits per heavy atom. The highest BCUT2D eigenvalue weighted by Gasteiger charge is 2.37. The monoisotopic (exact) mass is 277 g/mol. The SMILES string of the molecule is COc1ccc(C[C@H]2C(=O)N[C@@H](CN)C(=O)N2C)cc1. The van der Waals surface area contributed by atoms with Crippen LogP contribution in [0.2, 0.25) is 0 Å². The molecule has 3 N–H and O–H groups in total. The maximum Gasteiger partial charge on any atom is 0.246 e. The van der Waals surface area contributed by atoms with Crippen molar-refractivity contribution in [1.82, 2.24) is 10.2 Å². The molecule has 0 aromatic heterocycles. The highest BCUT2D eigenvalue weighted by atomic mass is 16.5. The highest BCUT2D eigenvalue weighted by molar-refractivity contribution is 5.97. The van der Waals surface area contributed by atoms with Crippen LogP contribution in [0, 0.1) is 0 Å². The largest absolute Gasteiger partial charge is 0.497 e. The van der Waals surface area contributed by atoms with Crippen molar-refractivity contribution in [3.8, 4) is 5.75 Å². The number of nitrogens with zero attached hydrogens (tertiary/aromatic N) is 1. The smallest absolute Gasteiger partial charge is 0.246 e. The summed E-state index contributed by atoms with van der Waals surface area (Å²) in [6, 6.07) is 6.33. The van der Waals surface area contributed by atoms with Gasteiger partial charge in [0.05, 0.1) is 7.11 Å². The first-order valence-corrected chi connectivity index (χ1v) is 6.47. The van der Waals surface area contributed by atoms with Crippen LogP contribution in [0.1, 0.15) is 5.56 Å². The number of methoxy groups -OCH3 is 1. The lowest BCUT2D eigenvalue weighted by molar-refractivity contribution is -0.147. The van der Waals surface area contributed by atoms with Crippen molar-refractivity contribution in [3.63, 3.8) is 0 Å². The fourth-order valence-electron chi connectivity index (χ4n) is 2.28. The quantitative estimate of drug-likeness (QED) is 0.778. The van der Waals surface area contributed by atoms with Crippen LogP contribution in [-0.2, 0) is 16.0 Å². The van der Waals surface area contributed by atoms with Crippen LogP contribution < -0.4 is 15.8 Å². The first kappa shape index (κ1) is 14.3. The number of piperazine rings is 1. The molecule has 0 spiro atoms. The molecule has 1 aliphatic rings. The molecular weight excluding hydrogens is 258 g/mol. The Labute approximate surface area is 117 Å². The maximum atomic E-state index is 12.1. The summed E-state index contributed by atoms with van der Waals surface area (Å²) in [7, 11) is 3.24. The predicted octanol–water partition coefficient (Wildman–Crippen LogP) is -0.478. The number of nitrogens with one attached hydrogen (secondary N) is 1. The van der Waals surface area contributed by atoms with Crippen molar-refractivity contribution >= 4 is 11.8 Å². The molecule has 1 aromatic rings. The van der Waals surface area contributed by atoms with Gasteiger partial charge < -0.3 is 20.7 Å². The van der Waals surface area contributed by atoms with E-state index >= 15 is 0 Å². The number of hydrogen-bond donors (Lipinski definition) is 2. The van der Waals surface area contributed by atoms with Gasteiger partial charge in [-0.3, -0.25) is 9.59 Å². The van der Waals surface area contributed by atoms with Gasteiger partial charge >= 0.3 is 0 Å². The molecule has 1 saturated heterocycles. The second kappa shape index (κ2) is 5.92. The van der Waals surface area contributed by atoms with E-state index in [9.17, 15) is 9.59 Å².